The van der Waals surface area contributed by atoms with Gasteiger partial charge < -0.3 is 5.32 Å². The summed E-state index contributed by atoms with van der Waals surface area (Å²) in [5.41, 5.74) is 3.86. The number of hydrogen-bond acceptors (Lipinski definition) is 4. The molecule has 1 aromatic carbocycles. The van der Waals surface area contributed by atoms with Crippen LogP contribution in [-0.2, 0) is 19.5 Å². The zero-order chi connectivity index (χ0) is 17.1. The third-order valence-electron chi connectivity index (χ3n) is 4.41. The van der Waals surface area contributed by atoms with E-state index in [1.807, 2.05) is 6.07 Å². The van der Waals surface area contributed by atoms with Crippen molar-refractivity contribution in [2.24, 2.45) is 0 Å². The van der Waals surface area contributed by atoms with Crippen LogP contribution in [0, 0.1) is 0 Å². The number of benzene rings is 1. The van der Waals surface area contributed by atoms with Crippen LogP contribution in [0.5, 0.6) is 0 Å². The van der Waals surface area contributed by atoms with E-state index < -0.39 is 0 Å². The molecule has 2 aromatic heterocycles. The van der Waals surface area contributed by atoms with Gasteiger partial charge in [0, 0.05) is 31.4 Å². The lowest BCUT2D eigenvalue weighted by atomic mass is 10.1. The van der Waals surface area contributed by atoms with Crippen molar-refractivity contribution in [3.63, 3.8) is 0 Å². The van der Waals surface area contributed by atoms with E-state index in [0.29, 0.717) is 11.5 Å². The van der Waals surface area contributed by atoms with Crippen molar-refractivity contribution in [1.29, 1.82) is 0 Å². The predicted molar refractivity (Wildman–Crippen MR) is 95.0 cm³/mol. The molecule has 4 rings (SSSR count). The molecule has 25 heavy (non-hydrogen) atoms. The first-order valence-corrected chi connectivity index (χ1v) is 8.34. The summed E-state index contributed by atoms with van der Waals surface area (Å²) in [5.74, 6) is 0.366. The van der Waals surface area contributed by atoms with Crippen LogP contribution >= 0.6 is 0 Å². The Morgan fingerprint density at radius 3 is 2.76 bits per heavy atom. The smallest absolute Gasteiger partial charge is 0.275 e. The van der Waals surface area contributed by atoms with E-state index in [0.717, 1.165) is 37.3 Å². The normalized spacial score (nSPS) is 13.6. The number of rotatable bonds is 5. The summed E-state index contributed by atoms with van der Waals surface area (Å²) in [6.07, 6.45) is 2.61. The van der Waals surface area contributed by atoms with Gasteiger partial charge in [-0.15, -0.1) is 0 Å². The molecule has 6 nitrogen and oxygen atoms in total. The van der Waals surface area contributed by atoms with E-state index in [1.165, 1.54) is 5.56 Å². The van der Waals surface area contributed by atoms with Crippen molar-refractivity contribution in [3.8, 4) is 0 Å². The number of nitrogens with zero attached hydrogens (tertiary/aromatic N) is 3. The van der Waals surface area contributed by atoms with E-state index in [9.17, 15) is 4.79 Å². The summed E-state index contributed by atoms with van der Waals surface area (Å²) in [5, 5.41) is 10.2. The van der Waals surface area contributed by atoms with Gasteiger partial charge in [-0.05, 0) is 24.1 Å². The third-order valence-corrected chi connectivity index (χ3v) is 4.41. The minimum absolute atomic E-state index is 0.238. The lowest BCUT2D eigenvalue weighted by Gasteiger charge is -2.15. The molecule has 0 atom stereocenters. The number of aromatic amines is 1. The van der Waals surface area contributed by atoms with Gasteiger partial charge in [0.05, 0.1) is 5.69 Å². The van der Waals surface area contributed by atoms with Gasteiger partial charge in [-0.3, -0.25) is 19.8 Å². The van der Waals surface area contributed by atoms with Gasteiger partial charge in [0.1, 0.15) is 5.69 Å². The Morgan fingerprint density at radius 1 is 1.12 bits per heavy atom. The highest BCUT2D eigenvalue weighted by atomic mass is 16.2. The number of fused-ring (bicyclic) bond motifs is 1. The van der Waals surface area contributed by atoms with Crippen LogP contribution in [0.2, 0.25) is 0 Å². The number of hydrogen-bond donors (Lipinski definition) is 2. The van der Waals surface area contributed by atoms with Gasteiger partial charge in [0.15, 0.2) is 5.82 Å². The summed E-state index contributed by atoms with van der Waals surface area (Å²) < 4.78 is 0. The molecule has 0 bridgehead atoms. The van der Waals surface area contributed by atoms with Crippen molar-refractivity contribution in [2.75, 3.05) is 11.9 Å². The third kappa shape index (κ3) is 3.44. The lowest BCUT2D eigenvalue weighted by Crippen LogP contribution is -2.21. The molecule has 1 aliphatic heterocycles. The van der Waals surface area contributed by atoms with Crippen molar-refractivity contribution in [1.82, 2.24) is 20.1 Å². The van der Waals surface area contributed by atoms with Crippen LogP contribution in [0.4, 0.5) is 5.82 Å². The fourth-order valence-corrected chi connectivity index (χ4v) is 3.07. The summed E-state index contributed by atoms with van der Waals surface area (Å²) >= 11 is 0. The molecule has 126 valence electrons. The first-order chi connectivity index (χ1) is 12.3. The Bertz CT molecular complexity index is 860. The van der Waals surface area contributed by atoms with E-state index >= 15 is 0 Å². The number of pyridine rings is 1. The van der Waals surface area contributed by atoms with Crippen molar-refractivity contribution in [2.45, 2.75) is 19.5 Å². The monoisotopic (exact) mass is 333 g/mol. The number of nitrogens with one attached hydrogen (secondary N) is 2. The molecule has 0 saturated heterocycles. The maximum absolute atomic E-state index is 12.3. The Kier molecular flexibility index (Phi) is 4.26. The summed E-state index contributed by atoms with van der Waals surface area (Å²) in [7, 11) is 0. The maximum atomic E-state index is 12.3. The highest BCUT2D eigenvalue weighted by Gasteiger charge is 2.25. The number of anilines is 1. The maximum Gasteiger partial charge on any atom is 0.275 e. The van der Waals surface area contributed by atoms with Gasteiger partial charge in [-0.25, -0.2) is 0 Å². The van der Waals surface area contributed by atoms with Crippen LogP contribution in [-0.4, -0.2) is 32.5 Å². The zero-order valence-corrected chi connectivity index (χ0v) is 13.8. The quantitative estimate of drug-likeness (QED) is 0.753. The summed E-state index contributed by atoms with van der Waals surface area (Å²) in [6, 6.07) is 15.7. The highest BCUT2D eigenvalue weighted by Crippen LogP contribution is 2.27. The second kappa shape index (κ2) is 6.86. The molecule has 0 radical (unpaired) electrons. The second-order valence-corrected chi connectivity index (χ2v) is 6.14. The van der Waals surface area contributed by atoms with Crippen LogP contribution in [0.1, 0.15) is 27.3 Å². The SMILES string of the molecule is O=C(Nc1n[nH]c2c1CN(CCc1ccccc1)C2)c1ccccn1. The number of aromatic nitrogens is 3. The largest absolute Gasteiger partial charge is 0.303 e. The zero-order valence-electron chi connectivity index (χ0n) is 13.8. The van der Waals surface area contributed by atoms with Crippen LogP contribution < -0.4 is 5.32 Å². The molecular formula is C19H19N5O. The van der Waals surface area contributed by atoms with E-state index in [4.69, 9.17) is 0 Å². The van der Waals surface area contributed by atoms with Gasteiger partial charge in [-0.1, -0.05) is 36.4 Å². The minimum atomic E-state index is -0.238. The molecule has 2 N–H and O–H groups in total. The molecule has 0 spiro atoms. The Morgan fingerprint density at radius 2 is 1.96 bits per heavy atom. The van der Waals surface area contributed by atoms with Crippen molar-refractivity contribution < 1.29 is 4.79 Å². The molecule has 1 aliphatic rings. The molecule has 1 amide bonds. The van der Waals surface area contributed by atoms with Gasteiger partial charge >= 0.3 is 0 Å². The van der Waals surface area contributed by atoms with Crippen LogP contribution in [0.3, 0.4) is 0 Å². The Balaban J connectivity index is 1.39. The number of carbonyl (C=O) groups excluding carboxylic acids is 1. The highest BCUT2D eigenvalue weighted by molar-refractivity contribution is 6.02. The van der Waals surface area contributed by atoms with Gasteiger partial charge in [0.2, 0.25) is 0 Å². The number of carbonyl (C=O) groups is 1. The molecule has 3 aromatic rings. The second-order valence-electron chi connectivity index (χ2n) is 6.14. The number of H-pyrrole nitrogens is 1. The van der Waals surface area contributed by atoms with E-state index in [2.05, 4.69) is 49.7 Å². The van der Waals surface area contributed by atoms with Crippen molar-refractivity contribution in [3.05, 3.63) is 77.2 Å². The Labute approximate surface area is 145 Å². The molecule has 0 fully saturated rings. The molecule has 0 unspecified atom stereocenters. The average molecular weight is 333 g/mol. The standard InChI is InChI=1S/C19H19N5O/c25-19(16-8-4-5-10-20-16)21-18-15-12-24(13-17(15)22-23-18)11-9-14-6-2-1-3-7-14/h1-8,10H,9,11-13H2,(H2,21,22,23,25). The van der Waals surface area contributed by atoms with Crippen LogP contribution in [0.25, 0.3) is 0 Å². The molecule has 0 aliphatic carbocycles. The molecular weight excluding hydrogens is 314 g/mol. The first kappa shape index (κ1) is 15.5. The lowest BCUT2D eigenvalue weighted by molar-refractivity contribution is 0.102. The minimum Gasteiger partial charge on any atom is -0.303 e. The molecule has 3 heterocycles. The predicted octanol–water partition coefficient (Wildman–Crippen LogP) is 2.62. The van der Waals surface area contributed by atoms with Gasteiger partial charge in [0.25, 0.3) is 5.91 Å². The van der Waals surface area contributed by atoms with Gasteiger partial charge in [-0.2, -0.15) is 5.10 Å². The average Bonchev–Trinajstić information content (AvgIpc) is 3.23. The van der Waals surface area contributed by atoms with Crippen molar-refractivity contribution >= 4 is 11.7 Å². The first-order valence-electron chi connectivity index (χ1n) is 8.34. The Hall–Kier alpha value is -2.99. The van der Waals surface area contributed by atoms with E-state index in [1.54, 1.807) is 24.4 Å². The summed E-state index contributed by atoms with van der Waals surface area (Å²) in [6.45, 7) is 2.59. The molecule has 6 heteroatoms. The fraction of sp³-hybridized carbons (Fsp3) is 0.211. The van der Waals surface area contributed by atoms with E-state index in [-0.39, 0.29) is 5.91 Å². The molecule has 0 saturated carbocycles. The number of amides is 1. The van der Waals surface area contributed by atoms with Crippen LogP contribution in [0.15, 0.2) is 54.7 Å². The fourth-order valence-electron chi connectivity index (χ4n) is 3.07. The topological polar surface area (TPSA) is 73.9 Å². The summed E-state index contributed by atoms with van der Waals surface area (Å²) in [4.78, 5) is 18.7.